The minimum absolute atomic E-state index is 0.105. The van der Waals surface area contributed by atoms with Gasteiger partial charge in [-0.15, -0.1) is 0 Å². The Morgan fingerprint density at radius 3 is 1.33 bits per heavy atom. The third kappa shape index (κ3) is 7.09. The molecule has 2 aromatic rings. The predicted octanol–water partition coefficient (Wildman–Crippen LogP) is 4.91. The molecule has 1 fully saturated rings. The smallest absolute Gasteiger partial charge is 0.104 e. The van der Waals surface area contributed by atoms with Crippen molar-refractivity contribution in [2.45, 2.75) is 25.7 Å². The number of benzene rings is 2. The normalized spacial score (nSPS) is 18.6. The molecule has 3 rings (SSSR count). The quantitative estimate of drug-likeness (QED) is 0.721. The second-order valence-electron chi connectivity index (χ2n) is 7.56. The molecule has 0 radical (unpaired) electrons. The topological polar surface area (TPSA) is 40.5 Å². The van der Waals surface area contributed by atoms with Crippen LogP contribution in [-0.4, -0.2) is 23.4 Å². The van der Waals surface area contributed by atoms with Gasteiger partial charge < -0.3 is 10.2 Å². The molecule has 0 amide bonds. The van der Waals surface area contributed by atoms with Crippen molar-refractivity contribution in [1.29, 1.82) is 0 Å². The number of allylic oxidation sites excluding steroid dienone is 2. The maximum atomic E-state index is 8.76. The summed E-state index contributed by atoms with van der Waals surface area (Å²) in [6.45, 7) is -0.209. The van der Waals surface area contributed by atoms with Gasteiger partial charge in [-0.3, -0.25) is 0 Å². The molecule has 0 spiro atoms. The zero-order valence-corrected chi connectivity index (χ0v) is 17.2. The minimum Gasteiger partial charge on any atom is -0.384 e. The maximum absolute atomic E-state index is 8.76. The molecule has 1 aliphatic rings. The molecule has 2 aromatic carbocycles. The van der Waals surface area contributed by atoms with Gasteiger partial charge in [-0.25, -0.2) is 0 Å². The summed E-state index contributed by atoms with van der Waals surface area (Å²) in [4.78, 5) is 0. The van der Waals surface area contributed by atoms with Crippen molar-refractivity contribution < 1.29 is 10.2 Å². The molecule has 30 heavy (non-hydrogen) atoms. The average Bonchev–Trinajstić information content (AvgIpc) is 2.80. The summed E-state index contributed by atoms with van der Waals surface area (Å²) in [5.41, 5.74) is 4.25. The van der Waals surface area contributed by atoms with Gasteiger partial charge in [0.1, 0.15) is 13.2 Å². The molecule has 0 atom stereocenters. The van der Waals surface area contributed by atoms with Gasteiger partial charge in [0.05, 0.1) is 0 Å². The summed E-state index contributed by atoms with van der Waals surface area (Å²) >= 11 is 0. The van der Waals surface area contributed by atoms with Crippen LogP contribution < -0.4 is 0 Å². The van der Waals surface area contributed by atoms with E-state index in [9.17, 15) is 0 Å². The molecule has 0 saturated heterocycles. The zero-order chi connectivity index (χ0) is 21.0. The number of hydrogen-bond acceptors (Lipinski definition) is 2. The van der Waals surface area contributed by atoms with Gasteiger partial charge >= 0.3 is 0 Å². The van der Waals surface area contributed by atoms with E-state index in [0.29, 0.717) is 11.8 Å². The lowest BCUT2D eigenvalue weighted by Crippen LogP contribution is -2.11. The van der Waals surface area contributed by atoms with E-state index < -0.39 is 0 Å². The first-order chi connectivity index (χ1) is 14.8. The van der Waals surface area contributed by atoms with Gasteiger partial charge in [0.2, 0.25) is 0 Å². The van der Waals surface area contributed by atoms with Gasteiger partial charge in [-0.05, 0) is 72.9 Å². The minimum atomic E-state index is -0.105. The number of hydrogen-bond donors (Lipinski definition) is 2. The van der Waals surface area contributed by atoms with Crippen LogP contribution in [0.3, 0.4) is 0 Å². The van der Waals surface area contributed by atoms with Gasteiger partial charge in [0.25, 0.3) is 0 Å². The van der Waals surface area contributed by atoms with Crippen LogP contribution in [0.2, 0.25) is 0 Å². The Labute approximate surface area is 180 Å². The van der Waals surface area contributed by atoms with E-state index in [1.165, 1.54) is 36.8 Å². The van der Waals surface area contributed by atoms with Gasteiger partial charge in [0.15, 0.2) is 0 Å². The van der Waals surface area contributed by atoms with Crippen LogP contribution in [0.4, 0.5) is 0 Å². The highest BCUT2D eigenvalue weighted by Gasteiger charge is 2.17. The molecule has 2 nitrogen and oxygen atoms in total. The Kier molecular flexibility index (Phi) is 8.55. The van der Waals surface area contributed by atoms with Crippen molar-refractivity contribution >= 4 is 12.2 Å². The van der Waals surface area contributed by atoms with Crippen LogP contribution in [0.1, 0.15) is 47.9 Å². The van der Waals surface area contributed by atoms with E-state index in [1.54, 1.807) is 0 Å². The van der Waals surface area contributed by atoms with Crippen molar-refractivity contribution in [3.05, 3.63) is 82.9 Å². The second-order valence-corrected chi connectivity index (χ2v) is 7.56. The predicted molar refractivity (Wildman–Crippen MR) is 124 cm³/mol. The number of rotatable bonds is 4. The van der Waals surface area contributed by atoms with Crippen molar-refractivity contribution in [3.63, 3.8) is 0 Å². The fourth-order valence-electron chi connectivity index (χ4n) is 3.66. The maximum Gasteiger partial charge on any atom is 0.104 e. The van der Waals surface area contributed by atoms with Crippen molar-refractivity contribution in [1.82, 2.24) is 0 Å². The van der Waals surface area contributed by atoms with E-state index in [1.807, 2.05) is 24.3 Å². The molecule has 0 heterocycles. The van der Waals surface area contributed by atoms with Crippen LogP contribution in [0.5, 0.6) is 0 Å². The third-order valence-corrected chi connectivity index (χ3v) is 5.38. The first-order valence-electron chi connectivity index (χ1n) is 10.5. The SMILES string of the molecule is OCC#Cc1ccc(/C=C/C2CCC(/C=C/c3ccc(C#CCO)cc3)CC2)cc1. The average molecular weight is 397 g/mol. The van der Waals surface area contributed by atoms with E-state index >= 15 is 0 Å². The third-order valence-electron chi connectivity index (χ3n) is 5.38. The first-order valence-corrected chi connectivity index (χ1v) is 10.5. The second kappa shape index (κ2) is 11.8. The van der Waals surface area contributed by atoms with Crippen molar-refractivity contribution in [3.8, 4) is 23.7 Å². The van der Waals surface area contributed by atoms with Crippen molar-refractivity contribution in [2.24, 2.45) is 11.8 Å². The highest BCUT2D eigenvalue weighted by molar-refractivity contribution is 5.53. The van der Waals surface area contributed by atoms with Gasteiger partial charge in [0, 0.05) is 11.1 Å². The zero-order valence-electron chi connectivity index (χ0n) is 17.2. The lowest BCUT2D eigenvalue weighted by atomic mass is 9.81. The molecule has 0 bridgehead atoms. The van der Waals surface area contributed by atoms with E-state index in [2.05, 4.69) is 72.3 Å². The van der Waals surface area contributed by atoms with Gasteiger partial charge in [-0.1, -0.05) is 72.3 Å². The standard InChI is InChI=1S/C28H28O2/c29-21-1-3-23-5-9-25(10-6-23)13-15-27-17-19-28(20-18-27)16-14-26-11-7-24(8-12-26)4-2-22-30/h5-16,27-30H,17-22H2/b15-13+,16-14+. The van der Waals surface area contributed by atoms with Crippen LogP contribution in [-0.2, 0) is 0 Å². The fourth-order valence-corrected chi connectivity index (χ4v) is 3.66. The summed E-state index contributed by atoms with van der Waals surface area (Å²) < 4.78 is 0. The fraction of sp³-hybridized carbons (Fsp3) is 0.286. The number of aliphatic hydroxyl groups is 2. The molecule has 2 N–H and O–H groups in total. The molecule has 0 aliphatic heterocycles. The Balaban J connectivity index is 1.46. The molecule has 2 heteroatoms. The van der Waals surface area contributed by atoms with Crippen LogP contribution in [0.15, 0.2) is 60.7 Å². The highest BCUT2D eigenvalue weighted by atomic mass is 16.3. The summed E-state index contributed by atoms with van der Waals surface area (Å²) in [7, 11) is 0. The number of aliphatic hydroxyl groups excluding tert-OH is 2. The summed E-state index contributed by atoms with van der Waals surface area (Å²) in [6.07, 6.45) is 14.0. The van der Waals surface area contributed by atoms with E-state index in [4.69, 9.17) is 10.2 Å². The van der Waals surface area contributed by atoms with E-state index in [0.717, 1.165) is 11.1 Å². The highest BCUT2D eigenvalue weighted by Crippen LogP contribution is 2.31. The largest absolute Gasteiger partial charge is 0.384 e. The lowest BCUT2D eigenvalue weighted by Gasteiger charge is -2.24. The van der Waals surface area contributed by atoms with Crippen molar-refractivity contribution in [2.75, 3.05) is 13.2 Å². The summed E-state index contributed by atoms with van der Waals surface area (Å²) in [6, 6.07) is 16.3. The molecular weight excluding hydrogens is 368 g/mol. The molecule has 1 saturated carbocycles. The Morgan fingerprint density at radius 2 is 1.00 bits per heavy atom. The monoisotopic (exact) mass is 396 g/mol. The Bertz CT molecular complexity index is 882. The van der Waals surface area contributed by atoms with Gasteiger partial charge in [-0.2, -0.15) is 0 Å². The molecule has 152 valence electrons. The molecular formula is C28H28O2. The van der Waals surface area contributed by atoms with Crippen LogP contribution in [0.25, 0.3) is 12.2 Å². The summed E-state index contributed by atoms with van der Waals surface area (Å²) in [5.74, 6) is 12.5. The summed E-state index contributed by atoms with van der Waals surface area (Å²) in [5, 5.41) is 17.5. The lowest BCUT2D eigenvalue weighted by molar-refractivity contribution is 0.350. The van der Waals surface area contributed by atoms with E-state index in [-0.39, 0.29) is 13.2 Å². The van der Waals surface area contributed by atoms with Crippen LogP contribution >= 0.6 is 0 Å². The first kappa shape index (κ1) is 21.7. The Morgan fingerprint density at radius 1 is 0.633 bits per heavy atom. The molecule has 0 aromatic heterocycles. The molecule has 1 aliphatic carbocycles. The van der Waals surface area contributed by atoms with Crippen LogP contribution in [0, 0.1) is 35.5 Å². The molecule has 0 unspecified atom stereocenters. The Hall–Kier alpha value is -3.04.